The standard InChI is InChI=1S/C11H15BrSi/c1-2-10(12)11(13)8-9-6-4-3-5-7-9/h3-7H,2,8H2,1,13H3. The van der Waals surface area contributed by atoms with Gasteiger partial charge in [-0.1, -0.05) is 58.4 Å². The van der Waals surface area contributed by atoms with Gasteiger partial charge in [0.1, 0.15) is 0 Å². The third-order valence-corrected chi connectivity index (χ3v) is 5.01. The Morgan fingerprint density at radius 1 is 1.31 bits per heavy atom. The molecular weight excluding hydrogens is 240 g/mol. The highest BCUT2D eigenvalue weighted by Crippen LogP contribution is 2.17. The lowest BCUT2D eigenvalue weighted by atomic mass is 10.1. The molecule has 0 aliphatic rings. The van der Waals surface area contributed by atoms with E-state index in [9.17, 15) is 0 Å². The van der Waals surface area contributed by atoms with Crippen LogP contribution in [0.2, 0.25) is 0 Å². The van der Waals surface area contributed by atoms with E-state index in [1.807, 2.05) is 0 Å². The summed E-state index contributed by atoms with van der Waals surface area (Å²) in [5, 5.41) is 1.56. The topological polar surface area (TPSA) is 0 Å². The molecule has 1 aromatic rings. The zero-order valence-corrected chi connectivity index (χ0v) is 11.8. The lowest BCUT2D eigenvalue weighted by Crippen LogP contribution is -1.92. The quantitative estimate of drug-likeness (QED) is 0.728. The molecule has 1 aromatic carbocycles. The van der Waals surface area contributed by atoms with Gasteiger partial charge in [-0.15, -0.1) is 0 Å². The highest BCUT2D eigenvalue weighted by Gasteiger charge is 1.97. The van der Waals surface area contributed by atoms with E-state index < -0.39 is 0 Å². The van der Waals surface area contributed by atoms with Crippen LogP contribution in [0.25, 0.3) is 0 Å². The molecule has 0 atom stereocenters. The maximum Gasteiger partial charge on any atom is 0.0347 e. The molecule has 2 heteroatoms. The van der Waals surface area contributed by atoms with Crippen molar-refractivity contribution >= 4 is 26.2 Å². The SMILES string of the molecule is CCC(Br)=C([SiH3])Cc1ccccc1. The zero-order chi connectivity index (χ0) is 9.68. The molecule has 0 aliphatic heterocycles. The molecule has 0 amide bonds. The molecule has 1 rings (SSSR count). The Bertz CT molecular complexity index is 290. The fraction of sp³-hybridized carbons (Fsp3) is 0.273. The summed E-state index contributed by atoms with van der Waals surface area (Å²) in [6.07, 6.45) is 2.23. The minimum absolute atomic E-state index is 1.11. The molecule has 0 aliphatic carbocycles. The molecule has 0 saturated carbocycles. The molecule has 0 radical (unpaired) electrons. The molecule has 0 aromatic heterocycles. The Morgan fingerprint density at radius 3 is 2.46 bits per heavy atom. The van der Waals surface area contributed by atoms with E-state index in [-0.39, 0.29) is 0 Å². The van der Waals surface area contributed by atoms with Crippen LogP contribution in [0.5, 0.6) is 0 Å². The maximum absolute atomic E-state index is 3.61. The number of rotatable bonds is 3. The second kappa shape index (κ2) is 5.40. The van der Waals surface area contributed by atoms with Gasteiger partial charge in [-0.2, -0.15) is 0 Å². The van der Waals surface area contributed by atoms with E-state index in [1.54, 1.807) is 5.20 Å². The Kier molecular flexibility index (Phi) is 4.46. The number of hydrogen-bond acceptors (Lipinski definition) is 0. The largest absolute Gasteiger partial charge is 0.0776 e. The van der Waals surface area contributed by atoms with E-state index in [1.165, 1.54) is 10.0 Å². The first-order valence-corrected chi connectivity index (χ1v) is 6.41. The van der Waals surface area contributed by atoms with Gasteiger partial charge < -0.3 is 0 Å². The fourth-order valence-electron chi connectivity index (χ4n) is 1.30. The second-order valence-electron chi connectivity index (χ2n) is 3.20. The fourth-order valence-corrected chi connectivity index (χ4v) is 2.20. The molecule has 0 fully saturated rings. The van der Waals surface area contributed by atoms with Crippen LogP contribution < -0.4 is 0 Å². The first kappa shape index (κ1) is 10.7. The van der Waals surface area contributed by atoms with Gasteiger partial charge in [-0.3, -0.25) is 0 Å². The molecule has 0 spiro atoms. The smallest absolute Gasteiger partial charge is 0.0347 e. The van der Waals surface area contributed by atoms with Crippen LogP contribution in [-0.4, -0.2) is 10.2 Å². The van der Waals surface area contributed by atoms with Gasteiger partial charge in [0, 0.05) is 10.2 Å². The van der Waals surface area contributed by atoms with Gasteiger partial charge in [0.2, 0.25) is 0 Å². The minimum atomic E-state index is 1.11. The third-order valence-electron chi connectivity index (χ3n) is 2.09. The molecule has 0 nitrogen and oxygen atoms in total. The molecular formula is C11H15BrSi. The van der Waals surface area contributed by atoms with Crippen molar-refractivity contribution in [3.05, 3.63) is 45.6 Å². The Balaban J connectivity index is 2.70. The highest BCUT2D eigenvalue weighted by atomic mass is 79.9. The van der Waals surface area contributed by atoms with Crippen molar-refractivity contribution in [2.75, 3.05) is 0 Å². The van der Waals surface area contributed by atoms with Gasteiger partial charge >= 0.3 is 0 Å². The first-order chi connectivity index (χ1) is 6.24. The van der Waals surface area contributed by atoms with Gasteiger partial charge in [0.05, 0.1) is 0 Å². The summed E-state index contributed by atoms with van der Waals surface area (Å²) >= 11 is 3.61. The number of benzene rings is 1. The van der Waals surface area contributed by atoms with E-state index in [0.717, 1.165) is 23.1 Å². The van der Waals surface area contributed by atoms with Crippen LogP contribution in [0.15, 0.2) is 40.0 Å². The summed E-state index contributed by atoms with van der Waals surface area (Å²) in [5.41, 5.74) is 1.41. The lowest BCUT2D eigenvalue weighted by Gasteiger charge is -2.04. The molecule has 13 heavy (non-hydrogen) atoms. The summed E-state index contributed by atoms with van der Waals surface area (Å²) < 4.78 is 1.39. The van der Waals surface area contributed by atoms with Crippen LogP contribution >= 0.6 is 15.9 Å². The van der Waals surface area contributed by atoms with Crippen LogP contribution in [-0.2, 0) is 6.42 Å². The van der Waals surface area contributed by atoms with E-state index in [4.69, 9.17) is 0 Å². The van der Waals surface area contributed by atoms with Crippen molar-refractivity contribution in [2.45, 2.75) is 19.8 Å². The van der Waals surface area contributed by atoms with Gasteiger partial charge in [-0.25, -0.2) is 0 Å². The van der Waals surface area contributed by atoms with E-state index in [2.05, 4.69) is 53.2 Å². The predicted octanol–water partition coefficient (Wildman–Crippen LogP) is 2.61. The number of allylic oxidation sites excluding steroid dienone is 2. The summed E-state index contributed by atoms with van der Waals surface area (Å²) in [5.74, 6) is 0. The third kappa shape index (κ3) is 3.49. The predicted molar refractivity (Wildman–Crippen MR) is 66.3 cm³/mol. The lowest BCUT2D eigenvalue weighted by molar-refractivity contribution is 1.14. The van der Waals surface area contributed by atoms with Crippen molar-refractivity contribution in [2.24, 2.45) is 0 Å². The Labute approximate surface area is 91.6 Å². The highest BCUT2D eigenvalue weighted by molar-refractivity contribution is 9.11. The van der Waals surface area contributed by atoms with Crippen molar-refractivity contribution in [1.29, 1.82) is 0 Å². The summed E-state index contributed by atoms with van der Waals surface area (Å²) in [4.78, 5) is 0. The molecule has 0 saturated heterocycles. The normalized spacial score (nSPS) is 12.8. The monoisotopic (exact) mass is 254 g/mol. The Morgan fingerprint density at radius 2 is 1.92 bits per heavy atom. The van der Waals surface area contributed by atoms with Crippen LogP contribution in [0, 0.1) is 0 Å². The molecule has 0 unspecified atom stereocenters. The summed E-state index contributed by atoms with van der Waals surface area (Å²) in [6, 6.07) is 10.6. The number of halogens is 1. The van der Waals surface area contributed by atoms with Crippen molar-refractivity contribution in [1.82, 2.24) is 0 Å². The summed E-state index contributed by atoms with van der Waals surface area (Å²) in [7, 11) is 1.15. The van der Waals surface area contributed by atoms with Crippen LogP contribution in [0.4, 0.5) is 0 Å². The molecule has 0 heterocycles. The van der Waals surface area contributed by atoms with Crippen LogP contribution in [0.3, 0.4) is 0 Å². The second-order valence-corrected chi connectivity index (χ2v) is 5.37. The van der Waals surface area contributed by atoms with Crippen LogP contribution in [0.1, 0.15) is 18.9 Å². The Hall–Kier alpha value is -0.343. The van der Waals surface area contributed by atoms with Gasteiger partial charge in [0.25, 0.3) is 0 Å². The molecule has 0 N–H and O–H groups in total. The van der Waals surface area contributed by atoms with Gasteiger partial charge in [-0.05, 0) is 22.9 Å². The average molecular weight is 255 g/mol. The van der Waals surface area contributed by atoms with Gasteiger partial charge in [0.15, 0.2) is 0 Å². The molecule has 0 bridgehead atoms. The van der Waals surface area contributed by atoms with Crippen molar-refractivity contribution < 1.29 is 0 Å². The number of hydrogen-bond donors (Lipinski definition) is 0. The van der Waals surface area contributed by atoms with Crippen molar-refractivity contribution in [3.63, 3.8) is 0 Å². The maximum atomic E-state index is 3.61. The average Bonchev–Trinajstić information content (AvgIpc) is 2.18. The molecule has 70 valence electrons. The minimum Gasteiger partial charge on any atom is -0.0776 e. The van der Waals surface area contributed by atoms with Crippen molar-refractivity contribution in [3.8, 4) is 0 Å². The first-order valence-electron chi connectivity index (χ1n) is 4.62. The zero-order valence-electron chi connectivity index (χ0n) is 8.18. The van der Waals surface area contributed by atoms with E-state index in [0.29, 0.717) is 0 Å². The summed E-state index contributed by atoms with van der Waals surface area (Å²) in [6.45, 7) is 2.19. The van der Waals surface area contributed by atoms with E-state index >= 15 is 0 Å².